The number of benzene rings is 2. The Bertz CT molecular complexity index is 755. The Morgan fingerprint density at radius 3 is 1.56 bits per heavy atom. The number of carbonyl (C=O) groups is 1. The minimum atomic E-state index is -1.83. The van der Waals surface area contributed by atoms with Crippen LogP contribution >= 0.6 is 63.7 Å². The van der Waals surface area contributed by atoms with Gasteiger partial charge in [0.2, 0.25) is 0 Å². The van der Waals surface area contributed by atoms with Crippen LogP contribution < -0.4 is 0 Å². The second-order valence-electron chi connectivity index (χ2n) is 5.43. The number of hydrogen-bond donors (Lipinski definition) is 4. The molecule has 0 fully saturated rings. The van der Waals surface area contributed by atoms with Crippen LogP contribution in [0.1, 0.15) is 25.0 Å². The molecule has 0 aliphatic heterocycles. The number of phenolic OH excluding ortho intramolecular Hbond substituents is 2. The Kier molecular flexibility index (Phi) is 7.79. The number of phenols is 2. The molecule has 2 aromatic rings. The van der Waals surface area contributed by atoms with Gasteiger partial charge in [-0.2, -0.15) is 0 Å². The summed E-state index contributed by atoms with van der Waals surface area (Å²) < 4.78 is 2.76. The molecule has 0 aliphatic rings. The summed E-state index contributed by atoms with van der Waals surface area (Å²) in [5, 5.41) is 33.5. The van der Waals surface area contributed by atoms with E-state index in [2.05, 4.69) is 77.6 Å². The lowest BCUT2D eigenvalue weighted by Gasteiger charge is -2.30. The van der Waals surface area contributed by atoms with Gasteiger partial charge in [0.05, 0.1) is 8.95 Å². The van der Waals surface area contributed by atoms with Gasteiger partial charge in [0.15, 0.2) is 0 Å². The van der Waals surface area contributed by atoms with Crippen LogP contribution in [-0.2, 0) is 5.41 Å². The van der Waals surface area contributed by atoms with Gasteiger partial charge in [-0.25, -0.2) is 4.79 Å². The average Bonchev–Trinajstić information content (AvgIpc) is 2.51. The minimum Gasteiger partial charge on any atom is -0.508 e. The van der Waals surface area contributed by atoms with Crippen molar-refractivity contribution in [2.75, 3.05) is 0 Å². The predicted octanol–water partition coefficient (Wildman–Crippen LogP) is 6.70. The lowest BCUT2D eigenvalue weighted by Crippen LogP contribution is -2.20. The zero-order chi connectivity index (χ0) is 19.5. The summed E-state index contributed by atoms with van der Waals surface area (Å²) in [5.74, 6) is 0.375. The first-order valence-electron chi connectivity index (χ1n) is 6.68. The van der Waals surface area contributed by atoms with E-state index in [4.69, 9.17) is 15.0 Å². The third-order valence-electron chi connectivity index (χ3n) is 3.45. The second-order valence-corrected chi connectivity index (χ2v) is 8.61. The molecule has 5 nitrogen and oxygen atoms in total. The van der Waals surface area contributed by atoms with Crippen LogP contribution in [0.25, 0.3) is 0 Å². The third-order valence-corrected chi connectivity index (χ3v) is 7.65. The molecule has 0 heterocycles. The molecule has 0 unspecified atom stereocenters. The maximum Gasteiger partial charge on any atom is 0.503 e. The van der Waals surface area contributed by atoms with Gasteiger partial charge in [0, 0.05) is 14.4 Å². The number of halogens is 4. The smallest absolute Gasteiger partial charge is 0.503 e. The lowest BCUT2D eigenvalue weighted by atomic mass is 9.78. The lowest BCUT2D eigenvalue weighted by molar-refractivity contribution is 0.137. The van der Waals surface area contributed by atoms with Gasteiger partial charge in [-0.3, -0.25) is 0 Å². The van der Waals surface area contributed by atoms with Crippen molar-refractivity contribution in [3.63, 3.8) is 0 Å². The number of rotatable bonds is 2. The Morgan fingerprint density at radius 2 is 1.20 bits per heavy atom. The molecule has 0 radical (unpaired) electrons. The summed E-state index contributed by atoms with van der Waals surface area (Å²) in [7, 11) is 0. The molecule has 136 valence electrons. The van der Waals surface area contributed by atoms with Gasteiger partial charge in [0.1, 0.15) is 11.5 Å². The highest BCUT2D eigenvalue weighted by atomic mass is 79.9. The Labute approximate surface area is 178 Å². The largest absolute Gasteiger partial charge is 0.508 e. The first kappa shape index (κ1) is 22.3. The van der Waals surface area contributed by atoms with Crippen molar-refractivity contribution < 1.29 is 25.2 Å². The molecule has 9 heteroatoms. The first-order chi connectivity index (χ1) is 11.4. The average molecular weight is 606 g/mol. The molecule has 0 amide bonds. The van der Waals surface area contributed by atoms with Crippen LogP contribution in [0.4, 0.5) is 4.79 Å². The van der Waals surface area contributed by atoms with Crippen LogP contribution in [0.15, 0.2) is 42.2 Å². The summed E-state index contributed by atoms with van der Waals surface area (Å²) in [6.45, 7) is 4.17. The monoisotopic (exact) mass is 602 g/mol. The maximum atomic E-state index is 10.1. The van der Waals surface area contributed by atoms with E-state index < -0.39 is 6.16 Å². The van der Waals surface area contributed by atoms with Crippen molar-refractivity contribution in [2.24, 2.45) is 0 Å². The zero-order valence-corrected chi connectivity index (χ0v) is 19.4. The molecular formula is C16H14Br4O5. The van der Waals surface area contributed by atoms with E-state index in [-0.39, 0.29) is 16.9 Å². The molecule has 0 aromatic heterocycles. The number of hydrogen-bond acceptors (Lipinski definition) is 3. The maximum absolute atomic E-state index is 10.1. The number of aromatic hydroxyl groups is 2. The van der Waals surface area contributed by atoms with Crippen molar-refractivity contribution in [3.8, 4) is 11.5 Å². The first-order valence-corrected chi connectivity index (χ1v) is 9.85. The Balaban J connectivity index is 0.000000705. The highest BCUT2D eigenvalue weighted by Crippen LogP contribution is 2.51. The Morgan fingerprint density at radius 1 is 0.840 bits per heavy atom. The van der Waals surface area contributed by atoms with Crippen molar-refractivity contribution in [1.82, 2.24) is 0 Å². The predicted molar refractivity (Wildman–Crippen MR) is 110 cm³/mol. The van der Waals surface area contributed by atoms with Crippen LogP contribution in [0.5, 0.6) is 11.5 Å². The summed E-state index contributed by atoms with van der Waals surface area (Å²) in [6.07, 6.45) is -1.83. The molecule has 2 rings (SSSR count). The van der Waals surface area contributed by atoms with Gasteiger partial charge in [-0.1, -0.05) is 26.0 Å². The fourth-order valence-electron chi connectivity index (χ4n) is 2.19. The van der Waals surface area contributed by atoms with Crippen LogP contribution in [0, 0.1) is 0 Å². The fourth-order valence-corrected chi connectivity index (χ4v) is 5.28. The summed E-state index contributed by atoms with van der Waals surface area (Å²) in [4.78, 5) is 8.56. The molecule has 25 heavy (non-hydrogen) atoms. The van der Waals surface area contributed by atoms with Gasteiger partial charge in [-0.05, 0) is 87.0 Å². The van der Waals surface area contributed by atoms with Gasteiger partial charge >= 0.3 is 6.16 Å². The van der Waals surface area contributed by atoms with Crippen LogP contribution in [0.2, 0.25) is 0 Å². The fraction of sp³-hybridized carbons (Fsp3) is 0.188. The molecular weight excluding hydrogens is 592 g/mol. The van der Waals surface area contributed by atoms with Gasteiger partial charge in [0.25, 0.3) is 0 Å². The zero-order valence-electron chi connectivity index (χ0n) is 13.0. The van der Waals surface area contributed by atoms with E-state index in [1.807, 2.05) is 12.1 Å². The highest BCUT2D eigenvalue weighted by Gasteiger charge is 2.31. The standard InChI is InChI=1S/C15H12Br4O2.CH2O3/c1-15(2,7-3-5-8(20)6-4-7)9-10(16)12(18)14(21)13(19)11(9)17;2-1(3)4/h3-6,20-21H,1-2H3;(H2,2,3,4). The minimum absolute atomic E-state index is 0.138. The van der Waals surface area contributed by atoms with Crippen molar-refractivity contribution in [2.45, 2.75) is 19.3 Å². The molecule has 0 saturated heterocycles. The van der Waals surface area contributed by atoms with Gasteiger partial charge < -0.3 is 20.4 Å². The van der Waals surface area contributed by atoms with Crippen molar-refractivity contribution >= 4 is 69.9 Å². The second kappa shape index (κ2) is 8.75. The Hall–Kier alpha value is -0.770. The van der Waals surface area contributed by atoms with Crippen molar-refractivity contribution in [3.05, 3.63) is 53.3 Å². The molecule has 0 atom stereocenters. The molecule has 0 saturated carbocycles. The van der Waals surface area contributed by atoms with E-state index in [9.17, 15) is 10.2 Å². The third kappa shape index (κ3) is 5.12. The van der Waals surface area contributed by atoms with E-state index in [0.29, 0.717) is 8.95 Å². The quantitative estimate of drug-likeness (QED) is 0.286. The molecule has 0 bridgehead atoms. The van der Waals surface area contributed by atoms with Crippen LogP contribution in [-0.4, -0.2) is 26.6 Å². The van der Waals surface area contributed by atoms with Crippen molar-refractivity contribution in [1.29, 1.82) is 0 Å². The van der Waals surface area contributed by atoms with E-state index in [1.165, 1.54) is 0 Å². The summed E-state index contributed by atoms with van der Waals surface area (Å²) in [5.41, 5.74) is 1.69. The topological polar surface area (TPSA) is 98.0 Å². The molecule has 0 aliphatic carbocycles. The normalized spacial score (nSPS) is 10.8. The van der Waals surface area contributed by atoms with E-state index in [0.717, 1.165) is 20.1 Å². The van der Waals surface area contributed by atoms with Crippen LogP contribution in [0.3, 0.4) is 0 Å². The SMILES string of the molecule is CC(C)(c1ccc(O)cc1)c1c(Br)c(Br)c(O)c(Br)c1Br.O=C(O)O. The van der Waals surface area contributed by atoms with Gasteiger partial charge in [-0.15, -0.1) is 0 Å². The summed E-state index contributed by atoms with van der Waals surface area (Å²) >= 11 is 13.9. The van der Waals surface area contributed by atoms with E-state index in [1.54, 1.807) is 12.1 Å². The summed E-state index contributed by atoms with van der Waals surface area (Å²) in [6, 6.07) is 7.12. The highest BCUT2D eigenvalue weighted by molar-refractivity contribution is 9.14. The molecule has 4 N–H and O–H groups in total. The number of carboxylic acid groups (broad SMARTS) is 2. The molecule has 0 spiro atoms. The van der Waals surface area contributed by atoms with E-state index >= 15 is 0 Å². The molecule has 2 aromatic carbocycles.